The molecule has 0 unspecified atom stereocenters. The van der Waals surface area contributed by atoms with Gasteiger partial charge in [0, 0.05) is 5.56 Å². The standard InChI is InChI=1S/C38H25FI2N2O2S/c39-27-15-12-25(13-16-27)35-30-17-14-24-7-2-4-11-29(24)34(30)42-38-43(35)37(44)33(46-38)20-22-18-31(40)36(32(41)19-22)45-21-26-9-5-8-23-6-1-3-10-28(23)26/h1-13,15-16,18-20,35H,14,17,21H2/b33-20-/t35-/m1/s1. The molecule has 0 amide bonds. The molecule has 8 rings (SSSR count). The van der Waals surface area contributed by atoms with Crippen LogP contribution in [0.5, 0.6) is 5.75 Å². The maximum atomic E-state index is 14.1. The Kier molecular flexibility index (Phi) is 7.90. The van der Waals surface area contributed by atoms with E-state index in [2.05, 4.69) is 106 Å². The SMILES string of the molecule is O=c1/c(=C/c2cc(I)c(OCc3cccc4ccccc34)c(I)c2)sc2n1[C@H](c1ccc(F)cc1)C1=C(N=2)c2ccccc2CC1. The lowest BCUT2D eigenvalue weighted by Gasteiger charge is -2.30. The first kappa shape index (κ1) is 29.8. The van der Waals surface area contributed by atoms with Crippen molar-refractivity contribution in [2.45, 2.75) is 25.5 Å². The van der Waals surface area contributed by atoms with Crippen molar-refractivity contribution < 1.29 is 9.13 Å². The Bertz CT molecular complexity index is 2370. The molecule has 0 saturated carbocycles. The predicted molar refractivity (Wildman–Crippen MR) is 199 cm³/mol. The second-order valence-electron chi connectivity index (χ2n) is 11.4. The van der Waals surface area contributed by atoms with E-state index < -0.39 is 0 Å². The van der Waals surface area contributed by atoms with Crippen LogP contribution in [0.1, 0.15) is 40.3 Å². The van der Waals surface area contributed by atoms with E-state index in [0.29, 0.717) is 15.9 Å². The van der Waals surface area contributed by atoms with E-state index in [-0.39, 0.29) is 17.4 Å². The van der Waals surface area contributed by atoms with Crippen LogP contribution in [0.25, 0.3) is 22.5 Å². The normalized spacial score (nSPS) is 15.7. The number of allylic oxidation sites excluding steroid dienone is 1. The molecule has 0 bridgehead atoms. The van der Waals surface area contributed by atoms with Gasteiger partial charge in [-0.1, -0.05) is 90.2 Å². The average Bonchev–Trinajstić information content (AvgIpc) is 3.37. The molecule has 1 aliphatic heterocycles. The van der Waals surface area contributed by atoms with Gasteiger partial charge in [-0.25, -0.2) is 9.38 Å². The van der Waals surface area contributed by atoms with Gasteiger partial charge >= 0.3 is 0 Å². The smallest absolute Gasteiger partial charge is 0.271 e. The maximum Gasteiger partial charge on any atom is 0.271 e. The Morgan fingerprint density at radius 2 is 1.65 bits per heavy atom. The molecular formula is C38H25FI2N2O2S. The lowest BCUT2D eigenvalue weighted by atomic mass is 9.83. The van der Waals surface area contributed by atoms with E-state index in [1.807, 2.05) is 24.3 Å². The second kappa shape index (κ2) is 12.2. The van der Waals surface area contributed by atoms with Crippen LogP contribution in [0.4, 0.5) is 4.39 Å². The Morgan fingerprint density at radius 3 is 2.48 bits per heavy atom. The van der Waals surface area contributed by atoms with Crippen LogP contribution in [0.3, 0.4) is 0 Å². The Balaban J connectivity index is 1.19. The Labute approximate surface area is 295 Å². The van der Waals surface area contributed by atoms with Gasteiger partial charge in [0.2, 0.25) is 0 Å². The number of benzene rings is 5. The number of nitrogens with zero attached hydrogens (tertiary/aromatic N) is 2. The van der Waals surface area contributed by atoms with Crippen LogP contribution in [0.15, 0.2) is 118 Å². The highest BCUT2D eigenvalue weighted by Crippen LogP contribution is 2.41. The number of thiazole rings is 1. The monoisotopic (exact) mass is 846 g/mol. The predicted octanol–water partition coefficient (Wildman–Crippen LogP) is 8.40. The minimum absolute atomic E-state index is 0.0928. The molecular weight excluding hydrogens is 821 g/mol. The number of hydrogen-bond donors (Lipinski definition) is 0. The molecule has 2 heterocycles. The maximum absolute atomic E-state index is 14.1. The fourth-order valence-corrected chi connectivity index (χ4v) is 9.62. The van der Waals surface area contributed by atoms with Crippen LogP contribution in [0, 0.1) is 13.0 Å². The minimum Gasteiger partial charge on any atom is -0.487 e. The third kappa shape index (κ3) is 5.33. The second-order valence-corrected chi connectivity index (χ2v) is 14.7. The highest BCUT2D eigenvalue weighted by atomic mass is 127. The fraction of sp³-hybridized carbons (Fsp3) is 0.105. The van der Waals surface area contributed by atoms with Gasteiger partial charge in [-0.2, -0.15) is 0 Å². The molecule has 226 valence electrons. The first-order chi connectivity index (χ1) is 22.4. The van der Waals surface area contributed by atoms with Crippen LogP contribution in [0.2, 0.25) is 0 Å². The van der Waals surface area contributed by atoms with Gasteiger partial charge in [-0.3, -0.25) is 9.36 Å². The number of hydrogen-bond acceptors (Lipinski definition) is 4. The minimum atomic E-state index is -0.340. The van der Waals surface area contributed by atoms with Gasteiger partial charge < -0.3 is 4.74 Å². The number of ether oxygens (including phenoxy) is 1. The summed E-state index contributed by atoms with van der Waals surface area (Å²) in [6, 6.07) is 33.2. The highest BCUT2D eigenvalue weighted by molar-refractivity contribution is 14.1. The zero-order valence-corrected chi connectivity index (χ0v) is 29.5. The molecule has 6 aromatic rings. The van der Waals surface area contributed by atoms with Crippen LogP contribution >= 0.6 is 56.5 Å². The van der Waals surface area contributed by atoms with Crippen molar-refractivity contribution in [3.63, 3.8) is 0 Å². The molecule has 4 nitrogen and oxygen atoms in total. The molecule has 2 aliphatic rings. The zero-order valence-electron chi connectivity index (χ0n) is 24.3. The van der Waals surface area contributed by atoms with Crippen molar-refractivity contribution in [2.24, 2.45) is 4.99 Å². The van der Waals surface area contributed by atoms with E-state index >= 15 is 0 Å². The first-order valence-electron chi connectivity index (χ1n) is 14.9. The molecule has 8 heteroatoms. The molecule has 1 aliphatic carbocycles. The summed E-state index contributed by atoms with van der Waals surface area (Å²) < 4.78 is 24.7. The molecule has 1 atom stereocenters. The number of aryl methyl sites for hydroxylation is 1. The molecule has 0 saturated heterocycles. The summed E-state index contributed by atoms with van der Waals surface area (Å²) in [7, 11) is 0. The molecule has 46 heavy (non-hydrogen) atoms. The van der Waals surface area contributed by atoms with Crippen molar-refractivity contribution in [2.75, 3.05) is 0 Å². The summed E-state index contributed by atoms with van der Waals surface area (Å²) in [6.45, 7) is 0.461. The number of halogens is 3. The van der Waals surface area contributed by atoms with Gasteiger partial charge in [0.25, 0.3) is 5.56 Å². The van der Waals surface area contributed by atoms with Crippen molar-refractivity contribution in [1.82, 2.24) is 4.57 Å². The van der Waals surface area contributed by atoms with E-state index in [0.717, 1.165) is 59.3 Å². The summed E-state index contributed by atoms with van der Waals surface area (Å²) in [5, 5.41) is 2.38. The van der Waals surface area contributed by atoms with Crippen molar-refractivity contribution in [3.8, 4) is 5.75 Å². The molecule has 0 fully saturated rings. The van der Waals surface area contributed by atoms with E-state index in [1.165, 1.54) is 39.8 Å². The van der Waals surface area contributed by atoms with E-state index in [4.69, 9.17) is 9.73 Å². The van der Waals surface area contributed by atoms with Gasteiger partial charge in [-0.15, -0.1) is 0 Å². The Morgan fingerprint density at radius 1 is 0.913 bits per heavy atom. The summed E-state index contributed by atoms with van der Waals surface area (Å²) >= 11 is 6.02. The first-order valence-corrected chi connectivity index (χ1v) is 17.9. The summed E-state index contributed by atoms with van der Waals surface area (Å²) in [6.07, 6.45) is 3.61. The highest BCUT2D eigenvalue weighted by Gasteiger charge is 2.32. The van der Waals surface area contributed by atoms with Crippen molar-refractivity contribution in [3.05, 3.63) is 169 Å². The van der Waals surface area contributed by atoms with Crippen LogP contribution < -0.4 is 19.6 Å². The van der Waals surface area contributed by atoms with Crippen LogP contribution in [-0.4, -0.2) is 4.57 Å². The average molecular weight is 847 g/mol. The number of rotatable bonds is 5. The number of aromatic nitrogens is 1. The molecule has 5 aromatic carbocycles. The van der Waals surface area contributed by atoms with Gasteiger partial charge in [0.05, 0.1) is 23.4 Å². The van der Waals surface area contributed by atoms with Crippen molar-refractivity contribution >= 4 is 79.1 Å². The van der Waals surface area contributed by atoms with Gasteiger partial charge in [0.15, 0.2) is 4.80 Å². The summed E-state index contributed by atoms with van der Waals surface area (Å²) in [5.41, 5.74) is 7.24. The molecule has 0 spiro atoms. The molecule has 0 N–H and O–H groups in total. The quantitative estimate of drug-likeness (QED) is 0.164. The topological polar surface area (TPSA) is 43.6 Å². The van der Waals surface area contributed by atoms with E-state index in [1.54, 1.807) is 16.7 Å². The summed E-state index contributed by atoms with van der Waals surface area (Å²) in [5.74, 6) is 0.531. The fourth-order valence-electron chi connectivity index (χ4n) is 6.49. The van der Waals surface area contributed by atoms with Gasteiger partial charge in [0.1, 0.15) is 18.2 Å². The molecule has 1 aromatic heterocycles. The lowest BCUT2D eigenvalue weighted by Crippen LogP contribution is -2.38. The number of fused-ring (bicyclic) bond motifs is 4. The van der Waals surface area contributed by atoms with Gasteiger partial charge in [-0.05, 0) is 127 Å². The lowest BCUT2D eigenvalue weighted by molar-refractivity contribution is 0.303. The Hall–Kier alpha value is -3.61. The van der Waals surface area contributed by atoms with E-state index in [9.17, 15) is 9.18 Å². The van der Waals surface area contributed by atoms with Crippen molar-refractivity contribution in [1.29, 1.82) is 0 Å². The molecule has 0 radical (unpaired) electrons. The van der Waals surface area contributed by atoms with Crippen LogP contribution in [-0.2, 0) is 13.0 Å². The summed E-state index contributed by atoms with van der Waals surface area (Å²) in [4.78, 5) is 19.9. The zero-order chi connectivity index (χ0) is 31.4. The third-order valence-electron chi connectivity index (χ3n) is 8.63. The largest absolute Gasteiger partial charge is 0.487 e. The third-order valence-corrected chi connectivity index (χ3v) is 11.2.